The van der Waals surface area contributed by atoms with Crippen LogP contribution in [-0.2, 0) is 16.1 Å². The summed E-state index contributed by atoms with van der Waals surface area (Å²) in [5.41, 5.74) is 1.58. The first kappa shape index (κ1) is 20.7. The van der Waals surface area contributed by atoms with Gasteiger partial charge in [0.05, 0.1) is 17.9 Å². The third-order valence-corrected chi connectivity index (χ3v) is 3.98. The van der Waals surface area contributed by atoms with Gasteiger partial charge in [-0.25, -0.2) is 4.79 Å². The molecule has 0 radical (unpaired) electrons. The number of carbonyl (C=O) groups is 2. The lowest BCUT2D eigenvalue weighted by Crippen LogP contribution is -2.21. The number of nitrogens with one attached hydrogen (secondary N) is 1. The fourth-order valence-electron chi connectivity index (χ4n) is 2.56. The highest BCUT2D eigenvalue weighted by Gasteiger charge is 2.17. The van der Waals surface area contributed by atoms with Crippen molar-refractivity contribution >= 4 is 17.6 Å². The van der Waals surface area contributed by atoms with Gasteiger partial charge in [-0.05, 0) is 31.5 Å². The van der Waals surface area contributed by atoms with E-state index in [1.165, 1.54) is 6.20 Å². The number of carbonyl (C=O) groups excluding carboxylic acids is 2. The lowest BCUT2D eigenvalue weighted by molar-refractivity contribution is -0.112. The number of anilines is 1. The average Bonchev–Trinajstić information content (AvgIpc) is 2.72. The second-order valence-corrected chi connectivity index (χ2v) is 5.92. The van der Waals surface area contributed by atoms with Gasteiger partial charge in [-0.15, -0.1) is 0 Å². The molecule has 28 heavy (non-hydrogen) atoms. The van der Waals surface area contributed by atoms with E-state index >= 15 is 0 Å². The van der Waals surface area contributed by atoms with E-state index < -0.39 is 11.9 Å². The van der Waals surface area contributed by atoms with Crippen LogP contribution in [0.1, 0.15) is 29.8 Å². The molecule has 1 amide bonds. The predicted octanol–water partition coefficient (Wildman–Crippen LogP) is 3.73. The predicted molar refractivity (Wildman–Crippen MR) is 107 cm³/mol. The Morgan fingerprint density at radius 3 is 2.43 bits per heavy atom. The van der Waals surface area contributed by atoms with Crippen molar-refractivity contribution in [3.8, 4) is 6.07 Å². The highest BCUT2D eigenvalue weighted by molar-refractivity contribution is 6.09. The van der Waals surface area contributed by atoms with Gasteiger partial charge >= 0.3 is 5.97 Å². The maximum absolute atomic E-state index is 12.6. The smallest absolute Gasteiger partial charge is 0.340 e. The second kappa shape index (κ2) is 10.5. The molecule has 0 spiro atoms. The molecule has 144 valence electrons. The third-order valence-electron chi connectivity index (χ3n) is 3.98. The Labute approximate surface area is 165 Å². The van der Waals surface area contributed by atoms with E-state index in [-0.39, 0.29) is 17.7 Å². The van der Waals surface area contributed by atoms with Crippen LogP contribution >= 0.6 is 0 Å². The van der Waals surface area contributed by atoms with Crippen LogP contribution in [0, 0.1) is 11.3 Å². The van der Waals surface area contributed by atoms with Crippen molar-refractivity contribution in [1.82, 2.24) is 4.90 Å². The Morgan fingerprint density at radius 1 is 1.11 bits per heavy atom. The van der Waals surface area contributed by atoms with Crippen LogP contribution in [0.3, 0.4) is 0 Å². The number of hydrogen-bond acceptors (Lipinski definition) is 5. The third kappa shape index (κ3) is 5.71. The van der Waals surface area contributed by atoms with E-state index in [2.05, 4.69) is 5.32 Å². The van der Waals surface area contributed by atoms with Crippen molar-refractivity contribution in [2.75, 3.05) is 18.5 Å². The lowest BCUT2D eigenvalue weighted by Gasteiger charge is -2.19. The number of esters is 1. The van der Waals surface area contributed by atoms with Crippen molar-refractivity contribution in [2.45, 2.75) is 20.4 Å². The standard InChI is InChI=1S/C22H23N3O3/c1-3-25(15-17-10-6-5-7-11-17)16-18(14-23)21(26)24-20-13-9-8-12-19(20)22(27)28-4-2/h5-13,16H,3-4,15H2,1-2H3,(H,24,26)/b18-16-. The van der Waals surface area contributed by atoms with Gasteiger partial charge in [0, 0.05) is 19.3 Å². The highest BCUT2D eigenvalue weighted by atomic mass is 16.5. The number of rotatable bonds is 8. The molecule has 0 bridgehead atoms. The Balaban J connectivity index is 2.18. The molecule has 0 fully saturated rings. The first-order chi connectivity index (χ1) is 13.6. The summed E-state index contributed by atoms with van der Waals surface area (Å²) in [7, 11) is 0. The minimum atomic E-state index is -0.578. The molecule has 0 heterocycles. The number of nitriles is 1. The molecule has 2 aromatic rings. The Morgan fingerprint density at radius 2 is 1.79 bits per heavy atom. The molecular weight excluding hydrogens is 354 g/mol. The molecule has 6 heteroatoms. The van der Waals surface area contributed by atoms with Crippen molar-refractivity contribution in [2.24, 2.45) is 0 Å². The maximum Gasteiger partial charge on any atom is 0.340 e. The normalized spacial score (nSPS) is 10.7. The van der Waals surface area contributed by atoms with E-state index in [9.17, 15) is 14.9 Å². The SMILES string of the molecule is CCOC(=O)c1ccccc1NC(=O)/C(C#N)=C\N(CC)Cc1ccccc1. The van der Waals surface area contributed by atoms with E-state index in [0.717, 1.165) is 5.56 Å². The van der Waals surface area contributed by atoms with Crippen molar-refractivity contribution in [3.05, 3.63) is 77.5 Å². The van der Waals surface area contributed by atoms with Gasteiger partial charge in [-0.2, -0.15) is 5.26 Å². The summed E-state index contributed by atoms with van der Waals surface area (Å²) in [6.45, 7) is 5.10. The van der Waals surface area contributed by atoms with Gasteiger partial charge in [0.15, 0.2) is 0 Å². The Kier molecular flexibility index (Phi) is 7.79. The van der Waals surface area contributed by atoms with Crippen molar-refractivity contribution in [1.29, 1.82) is 5.26 Å². The maximum atomic E-state index is 12.6. The molecule has 0 aliphatic carbocycles. The molecule has 0 saturated carbocycles. The number of nitrogens with zero attached hydrogens (tertiary/aromatic N) is 2. The Hall–Kier alpha value is -3.59. The summed E-state index contributed by atoms with van der Waals surface area (Å²) in [6.07, 6.45) is 1.54. The number of benzene rings is 2. The molecule has 6 nitrogen and oxygen atoms in total. The highest BCUT2D eigenvalue weighted by Crippen LogP contribution is 2.17. The Bertz CT molecular complexity index is 885. The van der Waals surface area contributed by atoms with Crippen LogP contribution in [0.15, 0.2) is 66.4 Å². The number of ether oxygens (including phenoxy) is 1. The summed E-state index contributed by atoms with van der Waals surface area (Å²) in [5, 5.41) is 12.1. The number of hydrogen-bond donors (Lipinski definition) is 1. The monoisotopic (exact) mass is 377 g/mol. The fourth-order valence-corrected chi connectivity index (χ4v) is 2.56. The summed E-state index contributed by atoms with van der Waals surface area (Å²) in [6, 6.07) is 18.3. The van der Waals surface area contributed by atoms with Crippen LogP contribution in [0.5, 0.6) is 0 Å². The van der Waals surface area contributed by atoms with Crippen LogP contribution in [0.25, 0.3) is 0 Å². The van der Waals surface area contributed by atoms with Gasteiger partial charge in [-0.3, -0.25) is 4.79 Å². The summed E-state index contributed by atoms with van der Waals surface area (Å²) in [4.78, 5) is 26.5. The molecule has 1 N–H and O–H groups in total. The first-order valence-electron chi connectivity index (χ1n) is 9.06. The molecule has 0 aliphatic heterocycles. The average molecular weight is 377 g/mol. The summed E-state index contributed by atoms with van der Waals surface area (Å²) in [5.74, 6) is -1.11. The fraction of sp³-hybridized carbons (Fsp3) is 0.227. The van der Waals surface area contributed by atoms with E-state index in [1.807, 2.05) is 48.2 Å². The molecule has 0 unspecified atom stereocenters. The van der Waals surface area contributed by atoms with Crippen LogP contribution in [0.4, 0.5) is 5.69 Å². The minimum Gasteiger partial charge on any atom is -0.462 e. The van der Waals surface area contributed by atoms with Gasteiger partial charge in [0.25, 0.3) is 5.91 Å². The van der Waals surface area contributed by atoms with Gasteiger partial charge in [-0.1, -0.05) is 42.5 Å². The molecule has 2 aromatic carbocycles. The van der Waals surface area contributed by atoms with Gasteiger partial charge in [0.1, 0.15) is 11.6 Å². The van der Waals surface area contributed by atoms with Crippen molar-refractivity contribution in [3.63, 3.8) is 0 Å². The number of amides is 1. The van der Waals surface area contributed by atoms with E-state index in [0.29, 0.717) is 18.8 Å². The zero-order chi connectivity index (χ0) is 20.4. The lowest BCUT2D eigenvalue weighted by atomic mass is 10.1. The first-order valence-corrected chi connectivity index (χ1v) is 9.06. The molecular formula is C22H23N3O3. The van der Waals surface area contributed by atoms with E-state index in [4.69, 9.17) is 4.74 Å². The summed E-state index contributed by atoms with van der Waals surface area (Å²) < 4.78 is 5.01. The molecule has 2 rings (SSSR count). The van der Waals surface area contributed by atoms with E-state index in [1.54, 1.807) is 31.2 Å². The minimum absolute atomic E-state index is 0.0450. The zero-order valence-corrected chi connectivity index (χ0v) is 16.0. The summed E-state index contributed by atoms with van der Waals surface area (Å²) >= 11 is 0. The van der Waals surface area contributed by atoms with Gasteiger partial charge < -0.3 is 15.0 Å². The molecule has 0 saturated heterocycles. The van der Waals surface area contributed by atoms with Crippen LogP contribution in [0.2, 0.25) is 0 Å². The van der Waals surface area contributed by atoms with Crippen molar-refractivity contribution < 1.29 is 14.3 Å². The quantitative estimate of drug-likeness (QED) is 0.431. The molecule has 0 aromatic heterocycles. The second-order valence-electron chi connectivity index (χ2n) is 5.92. The van der Waals surface area contributed by atoms with Gasteiger partial charge in [0.2, 0.25) is 0 Å². The van der Waals surface area contributed by atoms with Crippen LogP contribution in [-0.4, -0.2) is 29.9 Å². The largest absolute Gasteiger partial charge is 0.462 e. The number of para-hydroxylation sites is 1. The van der Waals surface area contributed by atoms with Crippen LogP contribution < -0.4 is 5.32 Å². The zero-order valence-electron chi connectivity index (χ0n) is 16.0. The topological polar surface area (TPSA) is 82.4 Å². The molecule has 0 aliphatic rings. The molecule has 0 atom stereocenters.